The molecule has 2 atom stereocenters. The average molecular weight is 1030 g/mol. The highest BCUT2D eigenvalue weighted by Gasteiger charge is 2.21. The number of rotatable bonds is 42. The molecule has 2 unspecified atom stereocenters. The molecule has 0 fully saturated rings. The number of carbonyl (C=O) groups is 13. The SMILES string of the molecule is CC(=O)NC(CCCCN)C(=O)NCCC(=O)NCCC(=O)NCCC(=O)NCCC(=O)NCCC(=O)NC(CCCCN)C(=O)NCCC(=O)NCCC(=O)NCCC(=O)NCCC(=O)NCCC(=O)O. The Morgan fingerprint density at radius 3 is 0.819 bits per heavy atom. The van der Waals surface area contributed by atoms with Gasteiger partial charge in [0.25, 0.3) is 0 Å². The van der Waals surface area contributed by atoms with Gasteiger partial charge in [0.05, 0.1) is 6.42 Å². The zero-order valence-corrected chi connectivity index (χ0v) is 41.4. The summed E-state index contributed by atoms with van der Waals surface area (Å²) in [5.74, 6) is -6.20. The van der Waals surface area contributed by atoms with Crippen LogP contribution in [0.5, 0.6) is 0 Å². The zero-order chi connectivity index (χ0) is 53.9. The summed E-state index contributed by atoms with van der Waals surface area (Å²) in [6, 6.07) is -1.66. The van der Waals surface area contributed by atoms with Crippen LogP contribution in [0.4, 0.5) is 0 Å². The van der Waals surface area contributed by atoms with E-state index in [1.165, 1.54) is 6.92 Å². The normalized spacial score (nSPS) is 11.3. The fourth-order valence-corrected chi connectivity index (χ4v) is 6.10. The summed E-state index contributed by atoms with van der Waals surface area (Å²) in [6.07, 6.45) is 2.26. The first-order valence-electron chi connectivity index (χ1n) is 24.2. The fraction of sp³-hybridized carbons (Fsp3) is 0.705. The molecule has 72 heavy (non-hydrogen) atoms. The van der Waals surface area contributed by atoms with E-state index in [0.717, 1.165) is 0 Å². The third kappa shape index (κ3) is 38.8. The summed E-state index contributed by atoms with van der Waals surface area (Å²) in [5, 5.41) is 39.3. The first-order chi connectivity index (χ1) is 34.4. The third-order valence-electron chi connectivity index (χ3n) is 9.92. The molecular weight excluding hydrogens is 949 g/mol. The molecule has 0 aliphatic heterocycles. The van der Waals surface area contributed by atoms with Crippen LogP contribution in [0.25, 0.3) is 0 Å². The Bertz CT molecular complexity index is 1770. The highest BCUT2D eigenvalue weighted by atomic mass is 16.4. The summed E-state index contributed by atoms with van der Waals surface area (Å²) in [7, 11) is 0. The largest absolute Gasteiger partial charge is 0.481 e. The summed E-state index contributed by atoms with van der Waals surface area (Å²) < 4.78 is 0. The Kier molecular flexibility index (Phi) is 37.7. The number of amides is 12. The second kappa shape index (κ2) is 41.8. The molecule has 0 aromatic carbocycles. The molecule has 0 rings (SSSR count). The number of nitrogens with one attached hydrogen (secondary N) is 12. The molecule has 17 N–H and O–H groups in total. The van der Waals surface area contributed by atoms with Gasteiger partial charge >= 0.3 is 5.97 Å². The molecule has 0 aliphatic rings. The van der Waals surface area contributed by atoms with Gasteiger partial charge in [-0.25, -0.2) is 0 Å². The Morgan fingerprint density at radius 1 is 0.333 bits per heavy atom. The van der Waals surface area contributed by atoms with Crippen LogP contribution in [0.2, 0.25) is 0 Å². The molecule has 408 valence electrons. The van der Waals surface area contributed by atoms with Crippen molar-refractivity contribution in [2.24, 2.45) is 11.5 Å². The van der Waals surface area contributed by atoms with Crippen LogP contribution in [0.1, 0.15) is 110 Å². The highest BCUT2D eigenvalue weighted by molar-refractivity contribution is 5.89. The van der Waals surface area contributed by atoms with Gasteiger partial charge in [0.1, 0.15) is 12.1 Å². The molecule has 0 aliphatic carbocycles. The van der Waals surface area contributed by atoms with Crippen molar-refractivity contribution < 1.29 is 67.4 Å². The second-order valence-electron chi connectivity index (χ2n) is 16.2. The van der Waals surface area contributed by atoms with Gasteiger partial charge in [0, 0.05) is 130 Å². The average Bonchev–Trinajstić information content (AvgIpc) is 3.30. The predicted octanol–water partition coefficient (Wildman–Crippen LogP) is -5.62. The number of carbonyl (C=O) groups excluding carboxylic acids is 12. The molecule has 0 saturated carbocycles. The number of hydrogen-bond donors (Lipinski definition) is 15. The number of nitrogens with two attached hydrogens (primary N) is 2. The molecule has 0 heterocycles. The Morgan fingerprint density at radius 2 is 0.569 bits per heavy atom. The number of aliphatic carboxylic acids is 1. The summed E-state index contributed by atoms with van der Waals surface area (Å²) in [6.45, 7) is 2.13. The van der Waals surface area contributed by atoms with Gasteiger partial charge in [-0.05, 0) is 51.6 Å². The Balaban J connectivity index is 4.27. The van der Waals surface area contributed by atoms with Gasteiger partial charge in [-0.3, -0.25) is 62.3 Å². The van der Waals surface area contributed by atoms with E-state index < -0.39 is 83.0 Å². The zero-order valence-electron chi connectivity index (χ0n) is 41.4. The summed E-state index contributed by atoms with van der Waals surface area (Å²) >= 11 is 0. The molecule has 12 amide bonds. The number of carboxylic acid groups (broad SMARTS) is 1. The van der Waals surface area contributed by atoms with Gasteiger partial charge < -0.3 is 80.4 Å². The molecule has 0 saturated heterocycles. The number of unbranched alkanes of at least 4 members (excludes halogenated alkanes) is 2. The van der Waals surface area contributed by atoms with Gasteiger partial charge in [-0.1, -0.05) is 0 Å². The third-order valence-corrected chi connectivity index (χ3v) is 9.92. The molecular formula is C44H78N14O14. The maximum atomic E-state index is 12.9. The van der Waals surface area contributed by atoms with Gasteiger partial charge in [0.2, 0.25) is 70.9 Å². The van der Waals surface area contributed by atoms with Crippen LogP contribution in [0.15, 0.2) is 0 Å². The van der Waals surface area contributed by atoms with Crippen LogP contribution in [0.3, 0.4) is 0 Å². The van der Waals surface area contributed by atoms with Crippen molar-refractivity contribution in [2.75, 3.05) is 78.5 Å². The molecule has 28 heteroatoms. The van der Waals surface area contributed by atoms with Crippen molar-refractivity contribution in [2.45, 2.75) is 122 Å². The van der Waals surface area contributed by atoms with Crippen molar-refractivity contribution in [1.82, 2.24) is 63.8 Å². The monoisotopic (exact) mass is 1030 g/mol. The van der Waals surface area contributed by atoms with E-state index in [4.69, 9.17) is 16.6 Å². The first-order valence-corrected chi connectivity index (χ1v) is 24.2. The lowest BCUT2D eigenvalue weighted by Crippen LogP contribution is -2.48. The van der Waals surface area contributed by atoms with E-state index in [-0.39, 0.29) is 142 Å². The maximum Gasteiger partial charge on any atom is 0.305 e. The molecule has 0 aromatic heterocycles. The van der Waals surface area contributed by atoms with Crippen LogP contribution >= 0.6 is 0 Å². The number of carboxylic acids is 1. The highest BCUT2D eigenvalue weighted by Crippen LogP contribution is 2.03. The van der Waals surface area contributed by atoms with E-state index in [0.29, 0.717) is 45.2 Å². The second-order valence-corrected chi connectivity index (χ2v) is 16.2. The maximum absolute atomic E-state index is 12.9. The van der Waals surface area contributed by atoms with Crippen molar-refractivity contribution in [3.05, 3.63) is 0 Å². The van der Waals surface area contributed by atoms with Crippen LogP contribution in [-0.4, -0.2) is 173 Å². The smallest absolute Gasteiger partial charge is 0.305 e. The van der Waals surface area contributed by atoms with E-state index in [2.05, 4.69) is 63.8 Å². The fourth-order valence-electron chi connectivity index (χ4n) is 6.10. The van der Waals surface area contributed by atoms with E-state index in [9.17, 15) is 62.3 Å². The van der Waals surface area contributed by atoms with Crippen molar-refractivity contribution in [1.29, 1.82) is 0 Å². The molecule has 0 spiro atoms. The summed E-state index contributed by atoms with van der Waals surface area (Å²) in [4.78, 5) is 156. The lowest BCUT2D eigenvalue weighted by Gasteiger charge is -2.18. The molecule has 0 radical (unpaired) electrons. The van der Waals surface area contributed by atoms with Crippen LogP contribution in [-0.2, 0) is 62.3 Å². The van der Waals surface area contributed by atoms with Crippen LogP contribution in [0, 0.1) is 0 Å². The Hall–Kier alpha value is -6.97. The number of hydrogen-bond acceptors (Lipinski definition) is 15. The molecule has 0 aromatic rings. The van der Waals surface area contributed by atoms with Gasteiger partial charge in [-0.15, -0.1) is 0 Å². The quantitative estimate of drug-likeness (QED) is 0.0254. The van der Waals surface area contributed by atoms with Crippen molar-refractivity contribution >= 4 is 76.9 Å². The first kappa shape index (κ1) is 65.0. The minimum absolute atomic E-state index is 0.00509. The standard InChI is InChI=1S/C44H78N14O14/c1-30(59)57-31(6-2-4-18-45)43(71)55-27-14-39(66)51-23-10-35(62)47-20-8-33(60)49-22-12-37(64)53-26-16-41(68)58-32(7-3-5-19-46)44(72)56-28-15-40(67)52-24-11-36(63)48-21-9-34(61)50-25-13-38(65)54-29-17-42(69)70/h31-32H,2-29,45-46H2,1H3,(H,47,62)(H,48,63)(H,49,60)(H,50,61)(H,51,66)(H,52,67)(H,53,64)(H,54,65)(H,55,71)(H,56,72)(H,57,59)(H,58,68)(H,69,70). The van der Waals surface area contributed by atoms with Crippen LogP contribution < -0.4 is 75.3 Å². The van der Waals surface area contributed by atoms with E-state index in [1.807, 2.05) is 0 Å². The Labute approximate surface area is 419 Å². The van der Waals surface area contributed by atoms with Crippen molar-refractivity contribution in [3.8, 4) is 0 Å². The van der Waals surface area contributed by atoms with E-state index in [1.54, 1.807) is 0 Å². The molecule has 28 nitrogen and oxygen atoms in total. The minimum Gasteiger partial charge on any atom is -0.481 e. The summed E-state index contributed by atoms with van der Waals surface area (Å²) in [5.41, 5.74) is 11.1. The lowest BCUT2D eigenvalue weighted by molar-refractivity contribution is -0.137. The predicted molar refractivity (Wildman–Crippen MR) is 259 cm³/mol. The lowest BCUT2D eigenvalue weighted by atomic mass is 10.1. The van der Waals surface area contributed by atoms with Gasteiger partial charge in [0.15, 0.2) is 0 Å². The molecule has 0 bridgehead atoms. The van der Waals surface area contributed by atoms with Gasteiger partial charge in [-0.2, -0.15) is 0 Å². The van der Waals surface area contributed by atoms with E-state index >= 15 is 0 Å². The topological polar surface area (TPSA) is 439 Å². The van der Waals surface area contributed by atoms with Crippen molar-refractivity contribution in [3.63, 3.8) is 0 Å². The minimum atomic E-state index is -1.05.